The van der Waals surface area contributed by atoms with E-state index >= 15 is 0 Å². The molecular weight excluding hydrogens is 368 g/mol. The zero-order chi connectivity index (χ0) is 20.4. The smallest absolute Gasteiger partial charge is 0.306 e. The fourth-order valence-electron chi connectivity index (χ4n) is 3.38. The summed E-state index contributed by atoms with van der Waals surface area (Å²) in [5, 5.41) is 8.49. The molecule has 0 N–H and O–H groups in total. The molecule has 0 spiro atoms. The average Bonchev–Trinajstić information content (AvgIpc) is 3.33. The van der Waals surface area contributed by atoms with Gasteiger partial charge in [0, 0.05) is 35.5 Å². The van der Waals surface area contributed by atoms with Crippen molar-refractivity contribution < 1.29 is 14.1 Å². The van der Waals surface area contributed by atoms with Crippen molar-refractivity contribution in [1.29, 1.82) is 0 Å². The van der Waals surface area contributed by atoms with E-state index in [1.54, 1.807) is 6.07 Å². The molecule has 4 aromatic rings. The predicted molar refractivity (Wildman–Crippen MR) is 107 cm³/mol. The van der Waals surface area contributed by atoms with E-state index in [4.69, 9.17) is 9.26 Å². The summed E-state index contributed by atoms with van der Waals surface area (Å²) in [6.45, 7) is 5.95. The minimum atomic E-state index is -0.293. The molecule has 3 heterocycles. The highest BCUT2D eigenvalue weighted by Crippen LogP contribution is 2.20. The number of nitrogens with zero attached hydrogens (tertiary/aromatic N) is 4. The average molecular weight is 390 g/mol. The molecule has 0 radical (unpaired) electrons. The van der Waals surface area contributed by atoms with Crippen LogP contribution >= 0.6 is 0 Å². The molecule has 3 aromatic heterocycles. The van der Waals surface area contributed by atoms with Crippen molar-refractivity contribution in [2.24, 2.45) is 0 Å². The normalized spacial score (nSPS) is 11.1. The lowest BCUT2D eigenvalue weighted by molar-refractivity contribution is -0.145. The molecule has 0 aliphatic heterocycles. The molecule has 148 valence electrons. The molecule has 0 aliphatic rings. The summed E-state index contributed by atoms with van der Waals surface area (Å²) in [4.78, 5) is 16.8. The van der Waals surface area contributed by atoms with Crippen molar-refractivity contribution in [3.63, 3.8) is 0 Å². The van der Waals surface area contributed by atoms with Crippen molar-refractivity contribution in [1.82, 2.24) is 19.8 Å². The van der Waals surface area contributed by atoms with Gasteiger partial charge in [0.05, 0.1) is 5.69 Å². The van der Waals surface area contributed by atoms with Gasteiger partial charge in [0.15, 0.2) is 18.0 Å². The van der Waals surface area contributed by atoms with Gasteiger partial charge in [0.1, 0.15) is 5.69 Å². The third kappa shape index (κ3) is 4.03. The Hall–Kier alpha value is -3.48. The number of esters is 1. The highest BCUT2D eigenvalue weighted by molar-refractivity contribution is 5.70. The molecule has 0 bridgehead atoms. The molecule has 0 saturated carbocycles. The Balaban J connectivity index is 1.36. The summed E-state index contributed by atoms with van der Waals surface area (Å²) in [6.07, 6.45) is 0.804. The first-order valence-electron chi connectivity index (χ1n) is 9.50. The molecule has 0 unspecified atom stereocenters. The van der Waals surface area contributed by atoms with Crippen LogP contribution in [0.2, 0.25) is 0 Å². The highest BCUT2D eigenvalue weighted by atomic mass is 16.5. The van der Waals surface area contributed by atoms with E-state index in [1.165, 1.54) is 0 Å². The minimum Gasteiger partial charge on any atom is -0.457 e. The van der Waals surface area contributed by atoms with Crippen LogP contribution in [0.1, 0.15) is 34.8 Å². The third-order valence-electron chi connectivity index (χ3n) is 4.87. The van der Waals surface area contributed by atoms with E-state index in [0.717, 1.165) is 39.5 Å². The van der Waals surface area contributed by atoms with Crippen LogP contribution in [0.4, 0.5) is 0 Å². The topological polar surface area (TPSA) is 82.5 Å². The fraction of sp³-hybridized carbons (Fsp3) is 0.273. The zero-order valence-electron chi connectivity index (χ0n) is 16.7. The monoisotopic (exact) mass is 390 g/mol. The van der Waals surface area contributed by atoms with Gasteiger partial charge in [0.2, 0.25) is 0 Å². The first-order chi connectivity index (χ1) is 14.0. The Labute approximate surface area is 168 Å². The lowest BCUT2D eigenvalue weighted by Gasteiger charge is -2.10. The summed E-state index contributed by atoms with van der Waals surface area (Å²) in [5.74, 6) is 0.220. The summed E-state index contributed by atoms with van der Waals surface area (Å²) < 4.78 is 12.4. The van der Waals surface area contributed by atoms with Gasteiger partial charge < -0.3 is 9.26 Å². The summed E-state index contributed by atoms with van der Waals surface area (Å²) in [6, 6.07) is 13.4. The van der Waals surface area contributed by atoms with Crippen LogP contribution in [-0.2, 0) is 22.6 Å². The second-order valence-corrected chi connectivity index (χ2v) is 7.02. The van der Waals surface area contributed by atoms with Gasteiger partial charge in [-0.1, -0.05) is 35.5 Å². The van der Waals surface area contributed by atoms with Gasteiger partial charge in [-0.15, -0.1) is 0 Å². The van der Waals surface area contributed by atoms with Crippen molar-refractivity contribution >= 4 is 11.6 Å². The Kier molecular flexibility index (Phi) is 5.12. The number of carbonyl (C=O) groups excluding carboxylic acids is 1. The number of rotatable bonds is 6. The van der Waals surface area contributed by atoms with E-state index in [1.807, 2.05) is 61.7 Å². The minimum absolute atomic E-state index is 0.0618. The Morgan fingerprint density at radius 3 is 2.72 bits per heavy atom. The maximum Gasteiger partial charge on any atom is 0.306 e. The number of aromatic nitrogens is 4. The van der Waals surface area contributed by atoms with Gasteiger partial charge in [-0.25, -0.2) is 9.50 Å². The molecule has 7 heteroatoms. The first-order valence-corrected chi connectivity index (χ1v) is 9.50. The summed E-state index contributed by atoms with van der Waals surface area (Å²) in [7, 11) is 0. The Morgan fingerprint density at radius 1 is 1.14 bits per heavy atom. The SMILES string of the molecule is Cc1cc2nc(C)c(CCC(=O)OCc3cc(-c4ccccc4)no3)c(C)n2n1. The van der Waals surface area contributed by atoms with Crippen LogP contribution in [-0.4, -0.2) is 25.7 Å². The summed E-state index contributed by atoms with van der Waals surface area (Å²) in [5.41, 5.74) is 6.33. The fourth-order valence-corrected chi connectivity index (χ4v) is 3.38. The lowest BCUT2D eigenvalue weighted by Crippen LogP contribution is -2.10. The second kappa shape index (κ2) is 7.87. The number of carbonyl (C=O) groups is 1. The van der Waals surface area contributed by atoms with E-state index in [-0.39, 0.29) is 19.0 Å². The van der Waals surface area contributed by atoms with Crippen molar-refractivity contribution in [2.75, 3.05) is 0 Å². The van der Waals surface area contributed by atoms with Gasteiger partial charge in [-0.2, -0.15) is 5.10 Å². The van der Waals surface area contributed by atoms with Crippen LogP contribution in [0, 0.1) is 20.8 Å². The molecule has 0 fully saturated rings. The van der Waals surface area contributed by atoms with Crippen LogP contribution < -0.4 is 0 Å². The van der Waals surface area contributed by atoms with Crippen LogP contribution in [0.5, 0.6) is 0 Å². The molecule has 29 heavy (non-hydrogen) atoms. The van der Waals surface area contributed by atoms with Crippen molar-refractivity contribution in [3.05, 3.63) is 70.9 Å². The number of fused-ring (bicyclic) bond motifs is 1. The zero-order valence-corrected chi connectivity index (χ0v) is 16.7. The predicted octanol–water partition coefficient (Wildman–Crippen LogP) is 3.99. The second-order valence-electron chi connectivity index (χ2n) is 7.02. The Morgan fingerprint density at radius 2 is 1.93 bits per heavy atom. The lowest BCUT2D eigenvalue weighted by atomic mass is 10.1. The van der Waals surface area contributed by atoms with E-state index in [9.17, 15) is 4.79 Å². The quantitative estimate of drug-likeness (QED) is 0.463. The molecule has 0 aliphatic carbocycles. The maximum atomic E-state index is 12.2. The van der Waals surface area contributed by atoms with E-state index in [2.05, 4.69) is 15.2 Å². The number of aryl methyl sites for hydroxylation is 3. The first kappa shape index (κ1) is 18.9. The number of ether oxygens (including phenoxy) is 1. The van der Waals surface area contributed by atoms with E-state index < -0.39 is 0 Å². The molecule has 0 saturated heterocycles. The molecule has 1 aromatic carbocycles. The highest BCUT2D eigenvalue weighted by Gasteiger charge is 2.14. The summed E-state index contributed by atoms with van der Waals surface area (Å²) >= 11 is 0. The molecular formula is C22H22N4O3. The number of benzene rings is 1. The molecule has 0 atom stereocenters. The number of hydrogen-bond donors (Lipinski definition) is 0. The Bertz CT molecular complexity index is 1160. The van der Waals surface area contributed by atoms with Crippen LogP contribution in [0.25, 0.3) is 16.9 Å². The van der Waals surface area contributed by atoms with Gasteiger partial charge >= 0.3 is 5.97 Å². The largest absolute Gasteiger partial charge is 0.457 e. The van der Waals surface area contributed by atoms with Crippen LogP contribution in [0.3, 0.4) is 0 Å². The van der Waals surface area contributed by atoms with Gasteiger partial charge in [0.25, 0.3) is 0 Å². The van der Waals surface area contributed by atoms with Gasteiger partial charge in [-0.3, -0.25) is 4.79 Å². The molecule has 7 nitrogen and oxygen atoms in total. The maximum absolute atomic E-state index is 12.2. The standard InChI is InChI=1S/C22H22N4O3/c1-14-11-21-23-15(2)19(16(3)26(21)24-14)9-10-22(27)28-13-18-12-20(25-29-18)17-7-5-4-6-8-17/h4-8,11-12H,9-10,13H2,1-3H3. The van der Waals surface area contributed by atoms with Crippen molar-refractivity contribution in [3.8, 4) is 11.3 Å². The van der Waals surface area contributed by atoms with E-state index in [0.29, 0.717) is 12.2 Å². The number of hydrogen-bond acceptors (Lipinski definition) is 6. The van der Waals surface area contributed by atoms with Crippen LogP contribution in [0.15, 0.2) is 47.0 Å². The third-order valence-corrected chi connectivity index (χ3v) is 4.87. The van der Waals surface area contributed by atoms with Crippen molar-refractivity contribution in [2.45, 2.75) is 40.2 Å². The molecule has 4 rings (SSSR count). The molecule has 0 amide bonds. The van der Waals surface area contributed by atoms with Gasteiger partial charge in [-0.05, 0) is 32.8 Å².